The SMILES string of the molecule is NC1CCC2CNCC2C1. The molecule has 3 atom stereocenters. The minimum atomic E-state index is 0.501. The summed E-state index contributed by atoms with van der Waals surface area (Å²) in [6.07, 6.45) is 3.87. The minimum Gasteiger partial charge on any atom is -0.328 e. The van der Waals surface area contributed by atoms with Gasteiger partial charge in [-0.1, -0.05) is 0 Å². The normalized spacial score (nSPS) is 47.1. The topological polar surface area (TPSA) is 38.0 Å². The van der Waals surface area contributed by atoms with Crippen LogP contribution in [0.5, 0.6) is 0 Å². The van der Waals surface area contributed by atoms with E-state index in [1.165, 1.54) is 32.4 Å². The fourth-order valence-corrected chi connectivity index (χ4v) is 2.34. The molecule has 2 heteroatoms. The Hall–Kier alpha value is -0.0800. The first-order valence-corrected chi connectivity index (χ1v) is 4.32. The van der Waals surface area contributed by atoms with E-state index in [1.54, 1.807) is 0 Å². The van der Waals surface area contributed by atoms with Gasteiger partial charge in [0.05, 0.1) is 0 Å². The Labute approximate surface area is 62.2 Å². The molecule has 2 rings (SSSR count). The lowest BCUT2D eigenvalue weighted by molar-refractivity contribution is 0.271. The zero-order valence-corrected chi connectivity index (χ0v) is 6.34. The van der Waals surface area contributed by atoms with Crippen LogP contribution in [0, 0.1) is 11.8 Å². The molecular weight excluding hydrogens is 124 g/mol. The molecule has 1 saturated heterocycles. The number of nitrogens with one attached hydrogen (secondary N) is 1. The Morgan fingerprint density at radius 2 is 1.90 bits per heavy atom. The van der Waals surface area contributed by atoms with Gasteiger partial charge in [0.2, 0.25) is 0 Å². The molecule has 0 bridgehead atoms. The van der Waals surface area contributed by atoms with Crippen LogP contribution >= 0.6 is 0 Å². The van der Waals surface area contributed by atoms with Crippen LogP contribution in [0.1, 0.15) is 19.3 Å². The highest BCUT2D eigenvalue weighted by Gasteiger charge is 2.31. The maximum Gasteiger partial charge on any atom is 0.00421 e. The van der Waals surface area contributed by atoms with E-state index in [2.05, 4.69) is 5.32 Å². The smallest absolute Gasteiger partial charge is 0.00421 e. The van der Waals surface area contributed by atoms with Crippen molar-refractivity contribution in [2.75, 3.05) is 13.1 Å². The van der Waals surface area contributed by atoms with Crippen LogP contribution in [0.4, 0.5) is 0 Å². The van der Waals surface area contributed by atoms with Gasteiger partial charge in [0.1, 0.15) is 0 Å². The third kappa shape index (κ3) is 1.06. The Morgan fingerprint density at radius 3 is 2.80 bits per heavy atom. The lowest BCUT2D eigenvalue weighted by Crippen LogP contribution is -2.32. The molecule has 0 aromatic rings. The molecule has 2 nitrogen and oxygen atoms in total. The van der Waals surface area contributed by atoms with E-state index in [-0.39, 0.29) is 0 Å². The summed E-state index contributed by atoms with van der Waals surface area (Å²) in [5, 5.41) is 3.43. The molecule has 0 spiro atoms. The second kappa shape index (κ2) is 2.51. The summed E-state index contributed by atoms with van der Waals surface area (Å²) >= 11 is 0. The Bertz CT molecular complexity index is 124. The summed E-state index contributed by atoms with van der Waals surface area (Å²) in [6.45, 7) is 2.47. The van der Waals surface area contributed by atoms with Crippen molar-refractivity contribution >= 4 is 0 Å². The first-order chi connectivity index (χ1) is 4.86. The molecule has 3 unspecified atom stereocenters. The average Bonchev–Trinajstić information content (AvgIpc) is 2.33. The van der Waals surface area contributed by atoms with Crippen molar-refractivity contribution in [3.8, 4) is 0 Å². The number of hydrogen-bond donors (Lipinski definition) is 2. The zero-order valence-electron chi connectivity index (χ0n) is 6.34. The van der Waals surface area contributed by atoms with Crippen LogP contribution in [0.15, 0.2) is 0 Å². The van der Waals surface area contributed by atoms with Crippen molar-refractivity contribution in [2.45, 2.75) is 25.3 Å². The van der Waals surface area contributed by atoms with Gasteiger partial charge < -0.3 is 11.1 Å². The second-order valence-corrected chi connectivity index (χ2v) is 3.75. The van der Waals surface area contributed by atoms with E-state index in [9.17, 15) is 0 Å². The van der Waals surface area contributed by atoms with Crippen LogP contribution in [-0.2, 0) is 0 Å². The summed E-state index contributed by atoms with van der Waals surface area (Å²) in [6, 6.07) is 0.501. The predicted octanol–water partition coefficient (Wildman–Crippen LogP) is 0.333. The largest absolute Gasteiger partial charge is 0.328 e. The molecule has 0 aromatic carbocycles. The summed E-state index contributed by atoms with van der Waals surface area (Å²) < 4.78 is 0. The highest BCUT2D eigenvalue weighted by molar-refractivity contribution is 4.88. The summed E-state index contributed by atoms with van der Waals surface area (Å²) in [5.74, 6) is 1.86. The lowest BCUT2D eigenvalue weighted by Gasteiger charge is -2.28. The van der Waals surface area contributed by atoms with Gasteiger partial charge in [-0.2, -0.15) is 0 Å². The van der Waals surface area contributed by atoms with E-state index in [1.807, 2.05) is 0 Å². The quantitative estimate of drug-likeness (QED) is 0.509. The molecule has 1 heterocycles. The van der Waals surface area contributed by atoms with Crippen LogP contribution < -0.4 is 11.1 Å². The molecule has 1 aliphatic carbocycles. The standard InChI is InChI=1S/C8H16N2/c9-8-2-1-6-4-10-5-7(6)3-8/h6-8,10H,1-5,9H2. The van der Waals surface area contributed by atoms with Crippen molar-refractivity contribution in [3.63, 3.8) is 0 Å². The van der Waals surface area contributed by atoms with Crippen LogP contribution in [-0.4, -0.2) is 19.1 Å². The zero-order chi connectivity index (χ0) is 6.97. The van der Waals surface area contributed by atoms with Crippen LogP contribution in [0.2, 0.25) is 0 Å². The first kappa shape index (κ1) is 6.62. The third-order valence-electron chi connectivity index (χ3n) is 2.99. The third-order valence-corrected chi connectivity index (χ3v) is 2.99. The monoisotopic (exact) mass is 140 g/mol. The Morgan fingerprint density at radius 1 is 1.10 bits per heavy atom. The van der Waals surface area contributed by atoms with E-state index in [4.69, 9.17) is 5.73 Å². The summed E-state index contributed by atoms with van der Waals surface area (Å²) in [5.41, 5.74) is 5.86. The Balaban J connectivity index is 1.96. The van der Waals surface area contributed by atoms with Gasteiger partial charge in [-0.15, -0.1) is 0 Å². The van der Waals surface area contributed by atoms with Gasteiger partial charge >= 0.3 is 0 Å². The minimum absolute atomic E-state index is 0.501. The van der Waals surface area contributed by atoms with Crippen molar-refractivity contribution in [1.82, 2.24) is 5.32 Å². The van der Waals surface area contributed by atoms with Crippen molar-refractivity contribution < 1.29 is 0 Å². The van der Waals surface area contributed by atoms with Crippen LogP contribution in [0.3, 0.4) is 0 Å². The van der Waals surface area contributed by atoms with E-state index in [0.717, 1.165) is 11.8 Å². The number of rotatable bonds is 0. The van der Waals surface area contributed by atoms with E-state index >= 15 is 0 Å². The second-order valence-electron chi connectivity index (χ2n) is 3.75. The van der Waals surface area contributed by atoms with Gasteiger partial charge in [-0.3, -0.25) is 0 Å². The molecule has 58 valence electrons. The van der Waals surface area contributed by atoms with E-state index in [0.29, 0.717) is 6.04 Å². The van der Waals surface area contributed by atoms with E-state index < -0.39 is 0 Å². The van der Waals surface area contributed by atoms with Gasteiger partial charge in [-0.05, 0) is 44.2 Å². The van der Waals surface area contributed by atoms with Crippen molar-refractivity contribution in [2.24, 2.45) is 17.6 Å². The molecule has 10 heavy (non-hydrogen) atoms. The van der Waals surface area contributed by atoms with Crippen molar-refractivity contribution in [1.29, 1.82) is 0 Å². The molecular formula is C8H16N2. The van der Waals surface area contributed by atoms with Gasteiger partial charge in [-0.25, -0.2) is 0 Å². The molecule has 3 N–H and O–H groups in total. The maximum atomic E-state index is 5.86. The average molecular weight is 140 g/mol. The highest BCUT2D eigenvalue weighted by Crippen LogP contribution is 2.31. The fourth-order valence-electron chi connectivity index (χ4n) is 2.34. The molecule has 0 amide bonds. The lowest BCUT2D eigenvalue weighted by atomic mass is 9.79. The molecule has 0 radical (unpaired) electrons. The Kier molecular flexibility index (Phi) is 1.66. The predicted molar refractivity (Wildman–Crippen MR) is 41.7 cm³/mol. The van der Waals surface area contributed by atoms with Gasteiger partial charge in [0.15, 0.2) is 0 Å². The number of fused-ring (bicyclic) bond motifs is 1. The molecule has 0 aromatic heterocycles. The van der Waals surface area contributed by atoms with Crippen molar-refractivity contribution in [3.05, 3.63) is 0 Å². The molecule has 2 aliphatic rings. The molecule has 2 fully saturated rings. The highest BCUT2D eigenvalue weighted by atomic mass is 14.9. The number of nitrogens with two attached hydrogens (primary N) is 1. The van der Waals surface area contributed by atoms with Gasteiger partial charge in [0, 0.05) is 6.04 Å². The van der Waals surface area contributed by atoms with Crippen LogP contribution in [0.25, 0.3) is 0 Å². The fraction of sp³-hybridized carbons (Fsp3) is 1.00. The maximum absolute atomic E-state index is 5.86. The molecule has 1 saturated carbocycles. The number of hydrogen-bond acceptors (Lipinski definition) is 2. The summed E-state index contributed by atoms with van der Waals surface area (Å²) in [4.78, 5) is 0. The first-order valence-electron chi connectivity index (χ1n) is 4.32. The summed E-state index contributed by atoms with van der Waals surface area (Å²) in [7, 11) is 0. The van der Waals surface area contributed by atoms with Gasteiger partial charge in [0.25, 0.3) is 0 Å². The molecule has 1 aliphatic heterocycles.